The van der Waals surface area contributed by atoms with Crippen LogP contribution in [-0.4, -0.2) is 49.5 Å². The molecule has 1 atom stereocenters. The van der Waals surface area contributed by atoms with Crippen LogP contribution in [0.15, 0.2) is 30.6 Å². The lowest BCUT2D eigenvalue weighted by atomic mass is 9.97. The Bertz CT molecular complexity index is 1000. The summed E-state index contributed by atoms with van der Waals surface area (Å²) in [6, 6.07) is 8.06. The first kappa shape index (κ1) is 19.5. The van der Waals surface area contributed by atoms with Crippen molar-refractivity contribution >= 4 is 33.2 Å². The summed E-state index contributed by atoms with van der Waals surface area (Å²) >= 11 is 1.44. The van der Waals surface area contributed by atoms with E-state index in [-0.39, 0.29) is 11.9 Å². The van der Waals surface area contributed by atoms with Gasteiger partial charge in [0.1, 0.15) is 6.33 Å². The van der Waals surface area contributed by atoms with E-state index in [1.54, 1.807) is 4.68 Å². The molecule has 1 aromatic carbocycles. The van der Waals surface area contributed by atoms with Gasteiger partial charge in [-0.2, -0.15) is 0 Å². The molecule has 4 rings (SSSR count). The second-order valence-electron chi connectivity index (χ2n) is 7.39. The van der Waals surface area contributed by atoms with Crippen LogP contribution in [0.3, 0.4) is 0 Å². The number of aryl methyl sites for hydroxylation is 1. The van der Waals surface area contributed by atoms with E-state index in [9.17, 15) is 9.59 Å². The number of likely N-dealkylation sites (tertiary alicyclic amines) is 1. The molecule has 1 unspecified atom stereocenters. The third-order valence-corrected chi connectivity index (χ3v) is 6.73. The zero-order valence-corrected chi connectivity index (χ0v) is 17.0. The van der Waals surface area contributed by atoms with Crippen LogP contribution in [0, 0.1) is 0 Å². The zero-order chi connectivity index (χ0) is 20.2. The summed E-state index contributed by atoms with van der Waals surface area (Å²) in [5.74, 6) is -0.293. The second kappa shape index (κ2) is 8.69. The van der Waals surface area contributed by atoms with Crippen molar-refractivity contribution < 1.29 is 9.59 Å². The predicted octanol–water partition coefficient (Wildman–Crippen LogP) is 2.39. The summed E-state index contributed by atoms with van der Waals surface area (Å²) in [5, 5.41) is 12.1. The Balaban J connectivity index is 1.58. The maximum absolute atomic E-state index is 13.0. The Morgan fingerprint density at radius 2 is 2.07 bits per heavy atom. The van der Waals surface area contributed by atoms with Gasteiger partial charge in [0.2, 0.25) is 5.91 Å². The summed E-state index contributed by atoms with van der Waals surface area (Å²) in [6.45, 7) is 1.20. The number of amides is 2. The van der Waals surface area contributed by atoms with Crippen LogP contribution in [0.5, 0.6) is 0 Å². The minimum absolute atomic E-state index is 0.0648. The third kappa shape index (κ3) is 4.29. The zero-order valence-electron chi connectivity index (χ0n) is 16.2. The van der Waals surface area contributed by atoms with Gasteiger partial charge in [0.25, 0.3) is 5.91 Å². The van der Waals surface area contributed by atoms with E-state index < -0.39 is 5.91 Å². The van der Waals surface area contributed by atoms with Crippen molar-refractivity contribution in [2.45, 2.75) is 51.1 Å². The second-order valence-corrected chi connectivity index (χ2v) is 8.44. The Morgan fingerprint density at radius 1 is 1.21 bits per heavy atom. The number of rotatable bonds is 6. The molecule has 1 aliphatic rings. The molecule has 0 spiro atoms. The largest absolute Gasteiger partial charge is 0.365 e. The van der Waals surface area contributed by atoms with Gasteiger partial charge in [0.15, 0.2) is 0 Å². The summed E-state index contributed by atoms with van der Waals surface area (Å²) in [5.41, 5.74) is 6.66. The van der Waals surface area contributed by atoms with Gasteiger partial charge in [-0.25, -0.2) is 4.68 Å². The Hall–Kier alpha value is -2.81. The van der Waals surface area contributed by atoms with Gasteiger partial charge in [0.05, 0.1) is 11.4 Å². The van der Waals surface area contributed by atoms with E-state index in [2.05, 4.69) is 15.5 Å². The van der Waals surface area contributed by atoms with E-state index in [0.29, 0.717) is 24.3 Å². The molecule has 3 heterocycles. The lowest BCUT2D eigenvalue weighted by molar-refractivity contribution is -0.133. The van der Waals surface area contributed by atoms with Gasteiger partial charge in [-0.05, 0) is 46.7 Å². The fourth-order valence-corrected chi connectivity index (χ4v) is 5.18. The number of primary amides is 1. The van der Waals surface area contributed by atoms with Gasteiger partial charge < -0.3 is 10.6 Å². The van der Waals surface area contributed by atoms with Gasteiger partial charge in [-0.1, -0.05) is 31.0 Å². The van der Waals surface area contributed by atoms with Crippen LogP contribution < -0.4 is 5.73 Å². The topological polar surface area (TPSA) is 107 Å². The molecular formula is C20H24N6O2S. The maximum atomic E-state index is 13.0. The van der Waals surface area contributed by atoms with Crippen LogP contribution in [0.25, 0.3) is 10.1 Å². The number of hydrogen-bond donors (Lipinski definition) is 1. The molecule has 1 aliphatic heterocycles. The van der Waals surface area contributed by atoms with Crippen molar-refractivity contribution in [1.29, 1.82) is 0 Å². The number of thiophene rings is 1. The first-order valence-corrected chi connectivity index (χ1v) is 10.8. The molecule has 0 saturated carbocycles. The maximum Gasteiger partial charge on any atom is 0.259 e. The highest BCUT2D eigenvalue weighted by Crippen LogP contribution is 2.34. The molecule has 2 amide bonds. The third-order valence-electron chi connectivity index (χ3n) is 5.51. The first-order chi connectivity index (χ1) is 14.1. The Labute approximate surface area is 172 Å². The van der Waals surface area contributed by atoms with Crippen molar-refractivity contribution in [3.8, 4) is 0 Å². The van der Waals surface area contributed by atoms with Gasteiger partial charge in [0, 0.05) is 23.7 Å². The number of nitrogens with two attached hydrogens (primary N) is 1. The minimum Gasteiger partial charge on any atom is -0.365 e. The fourth-order valence-electron chi connectivity index (χ4n) is 4.09. The molecule has 3 aromatic rings. The normalized spacial score (nSPS) is 17.4. The summed E-state index contributed by atoms with van der Waals surface area (Å²) in [4.78, 5) is 27.7. The number of nitrogens with zero attached hydrogens (tertiary/aromatic N) is 5. The summed E-state index contributed by atoms with van der Waals surface area (Å²) in [6.07, 6.45) is 6.65. The number of carbonyl (C=O) groups excluding carboxylic acids is 2. The molecule has 9 heteroatoms. The predicted molar refractivity (Wildman–Crippen MR) is 110 cm³/mol. The van der Waals surface area contributed by atoms with E-state index in [0.717, 1.165) is 47.9 Å². The monoisotopic (exact) mass is 412 g/mol. The molecule has 2 N–H and O–H groups in total. The number of benzene rings is 1. The van der Waals surface area contributed by atoms with Crippen molar-refractivity contribution in [1.82, 2.24) is 25.1 Å². The number of tetrazole rings is 1. The molecule has 1 saturated heterocycles. The van der Waals surface area contributed by atoms with Crippen molar-refractivity contribution in [2.75, 3.05) is 6.54 Å². The number of hydrogen-bond acceptors (Lipinski definition) is 6. The molecule has 0 bridgehead atoms. The van der Waals surface area contributed by atoms with Crippen LogP contribution in [0.4, 0.5) is 0 Å². The molecule has 0 aliphatic carbocycles. The molecule has 29 heavy (non-hydrogen) atoms. The van der Waals surface area contributed by atoms with Crippen molar-refractivity contribution in [3.05, 3.63) is 41.0 Å². The van der Waals surface area contributed by atoms with E-state index in [1.165, 1.54) is 17.7 Å². The van der Waals surface area contributed by atoms with Gasteiger partial charge >= 0.3 is 0 Å². The van der Waals surface area contributed by atoms with E-state index >= 15 is 0 Å². The van der Waals surface area contributed by atoms with E-state index in [4.69, 9.17) is 5.73 Å². The highest BCUT2D eigenvalue weighted by atomic mass is 32.1. The molecule has 152 valence electrons. The van der Waals surface area contributed by atoms with Gasteiger partial charge in [-0.3, -0.25) is 9.59 Å². The molecule has 8 nitrogen and oxygen atoms in total. The van der Waals surface area contributed by atoms with Crippen LogP contribution in [0.2, 0.25) is 0 Å². The summed E-state index contributed by atoms with van der Waals surface area (Å²) < 4.78 is 2.63. The number of aromatic nitrogens is 4. The number of fused-ring (bicyclic) bond motifs is 1. The standard InChI is InChI=1S/C20H24N6O2S/c21-20(28)19-16(15-7-3-4-8-17(15)29-19)12-14-6-2-1-5-10-26(14)18(27)9-11-25-13-22-23-24-25/h3-4,7-8,13-14H,1-2,5-6,9-12H2,(H2,21,28). The smallest absolute Gasteiger partial charge is 0.259 e. The van der Waals surface area contributed by atoms with Crippen LogP contribution in [-0.2, 0) is 17.8 Å². The first-order valence-electron chi connectivity index (χ1n) is 9.94. The van der Waals surface area contributed by atoms with E-state index in [1.807, 2.05) is 29.2 Å². The van der Waals surface area contributed by atoms with Crippen molar-refractivity contribution in [3.63, 3.8) is 0 Å². The Morgan fingerprint density at radius 3 is 2.86 bits per heavy atom. The average molecular weight is 413 g/mol. The minimum atomic E-state index is -0.397. The lowest BCUT2D eigenvalue weighted by Gasteiger charge is -2.30. The molecule has 1 fully saturated rings. The molecule has 2 aromatic heterocycles. The highest BCUT2D eigenvalue weighted by molar-refractivity contribution is 7.21. The Kier molecular flexibility index (Phi) is 5.84. The van der Waals surface area contributed by atoms with Crippen LogP contribution >= 0.6 is 11.3 Å². The number of carbonyl (C=O) groups is 2. The highest BCUT2D eigenvalue weighted by Gasteiger charge is 2.28. The lowest BCUT2D eigenvalue weighted by Crippen LogP contribution is -2.41. The fraction of sp³-hybridized carbons (Fsp3) is 0.450. The van der Waals surface area contributed by atoms with Gasteiger partial charge in [-0.15, -0.1) is 16.4 Å². The quantitative estimate of drug-likeness (QED) is 0.669. The summed E-state index contributed by atoms with van der Waals surface area (Å²) in [7, 11) is 0. The average Bonchev–Trinajstić information content (AvgIpc) is 3.30. The SMILES string of the molecule is NC(=O)c1sc2ccccc2c1CC1CCCCCN1C(=O)CCn1cnnn1. The van der Waals surface area contributed by atoms with Crippen molar-refractivity contribution in [2.24, 2.45) is 5.73 Å². The molecular weight excluding hydrogens is 388 g/mol. The molecule has 0 radical (unpaired) electrons. The van der Waals surface area contributed by atoms with Crippen LogP contribution in [0.1, 0.15) is 47.3 Å².